The summed E-state index contributed by atoms with van der Waals surface area (Å²) in [5.74, 6) is 0.583. The Morgan fingerprint density at radius 2 is 1.75 bits per heavy atom. The molecule has 0 N–H and O–H groups in total. The first kappa shape index (κ1) is 18.1. The summed E-state index contributed by atoms with van der Waals surface area (Å²) in [6, 6.07) is 0. The Hall–Kier alpha value is -0.745. The monoisotopic (exact) mass is 337 g/mol. The van der Waals surface area contributed by atoms with E-state index < -0.39 is 5.60 Å². The highest BCUT2D eigenvalue weighted by Crippen LogP contribution is 2.67. The molecule has 3 rings (SSSR count). The number of carbonyl (C=O) groups excluding carboxylic acids is 1. The molecule has 0 aromatic carbocycles. The molecule has 2 aliphatic heterocycles. The molecule has 0 aromatic heterocycles. The minimum Gasteiger partial charge on any atom is -0.444 e. The predicted molar refractivity (Wildman–Crippen MR) is 93.9 cm³/mol. The fourth-order valence-corrected chi connectivity index (χ4v) is 3.87. The van der Waals surface area contributed by atoms with E-state index in [4.69, 9.17) is 14.0 Å². The van der Waals surface area contributed by atoms with Crippen LogP contribution in [0.1, 0.15) is 67.7 Å². The van der Waals surface area contributed by atoms with Gasteiger partial charge >= 0.3 is 13.2 Å². The fraction of sp³-hybridized carbons (Fsp3) is 0.944. The van der Waals surface area contributed by atoms with Gasteiger partial charge in [-0.1, -0.05) is 0 Å². The molecule has 0 aromatic rings. The molecule has 3 aliphatic rings. The van der Waals surface area contributed by atoms with Gasteiger partial charge in [0.25, 0.3) is 0 Å². The number of hydrogen-bond donors (Lipinski definition) is 0. The van der Waals surface area contributed by atoms with E-state index in [0.717, 1.165) is 25.8 Å². The van der Waals surface area contributed by atoms with E-state index >= 15 is 0 Å². The second kappa shape index (κ2) is 5.37. The van der Waals surface area contributed by atoms with Gasteiger partial charge in [0.1, 0.15) is 5.60 Å². The summed E-state index contributed by atoms with van der Waals surface area (Å²) in [7, 11) is -0.240. The molecule has 1 aliphatic carbocycles. The smallest absolute Gasteiger partial charge is 0.444 e. The third-order valence-electron chi connectivity index (χ3n) is 6.12. The first-order chi connectivity index (χ1) is 10.9. The fourth-order valence-electron chi connectivity index (χ4n) is 3.87. The van der Waals surface area contributed by atoms with Crippen LogP contribution in [-0.2, 0) is 14.0 Å². The van der Waals surface area contributed by atoms with E-state index in [2.05, 4.69) is 27.7 Å². The lowest BCUT2D eigenvalue weighted by atomic mass is 9.66. The number of likely N-dealkylation sites (tertiary alicyclic amines) is 1. The van der Waals surface area contributed by atoms with Gasteiger partial charge in [0, 0.05) is 18.4 Å². The van der Waals surface area contributed by atoms with Crippen molar-refractivity contribution in [1.29, 1.82) is 0 Å². The van der Waals surface area contributed by atoms with Crippen molar-refractivity contribution in [2.24, 2.45) is 5.92 Å². The highest BCUT2D eigenvalue weighted by molar-refractivity contribution is 6.51. The molecule has 5 nitrogen and oxygen atoms in total. The number of carbonyl (C=O) groups is 1. The van der Waals surface area contributed by atoms with E-state index in [9.17, 15) is 4.79 Å². The highest BCUT2D eigenvalue weighted by atomic mass is 16.7. The van der Waals surface area contributed by atoms with Crippen molar-refractivity contribution in [2.45, 2.75) is 89.8 Å². The summed E-state index contributed by atoms with van der Waals surface area (Å²) in [6.45, 7) is 15.5. The maximum absolute atomic E-state index is 12.6. The molecule has 1 amide bonds. The quantitative estimate of drug-likeness (QED) is 0.682. The van der Waals surface area contributed by atoms with Crippen molar-refractivity contribution in [1.82, 2.24) is 4.90 Å². The minimum absolute atomic E-state index is 0.0710. The van der Waals surface area contributed by atoms with Gasteiger partial charge in [0.05, 0.1) is 11.2 Å². The lowest BCUT2D eigenvalue weighted by molar-refractivity contribution is 0.00578. The standard InChI is InChI=1S/C18H32BNO4/c1-15(2,3)22-14(21)20-10-8-9-13-11-18(13,12-20)19-23-16(4,5)17(6,7)24-19/h13H,8-12H2,1-7H3/t13-,18+/m0/s1. The maximum atomic E-state index is 12.6. The Balaban J connectivity index is 1.76. The van der Waals surface area contributed by atoms with Crippen LogP contribution < -0.4 is 0 Å². The van der Waals surface area contributed by atoms with Crippen molar-refractivity contribution < 1.29 is 18.8 Å². The van der Waals surface area contributed by atoms with Crippen LogP contribution in [-0.4, -0.2) is 48.0 Å². The predicted octanol–water partition coefficient (Wildman–Crippen LogP) is 3.87. The molecule has 2 saturated heterocycles. The molecular formula is C18H32BNO4. The lowest BCUT2D eigenvalue weighted by Gasteiger charge is -2.32. The van der Waals surface area contributed by atoms with Crippen LogP contribution in [0.2, 0.25) is 5.31 Å². The van der Waals surface area contributed by atoms with Gasteiger partial charge < -0.3 is 18.9 Å². The average molecular weight is 337 g/mol. The molecule has 0 radical (unpaired) electrons. The largest absolute Gasteiger partial charge is 0.466 e. The highest BCUT2D eigenvalue weighted by Gasteiger charge is 2.70. The molecule has 6 heteroatoms. The van der Waals surface area contributed by atoms with Crippen LogP contribution in [0.3, 0.4) is 0 Å². The number of ether oxygens (including phenoxy) is 1. The molecular weight excluding hydrogens is 305 g/mol. The average Bonchev–Trinajstić information content (AvgIpc) is 3.03. The van der Waals surface area contributed by atoms with Gasteiger partial charge in [0.15, 0.2) is 0 Å². The van der Waals surface area contributed by atoms with Crippen LogP contribution in [0.4, 0.5) is 4.79 Å². The van der Waals surface area contributed by atoms with Gasteiger partial charge in [0.2, 0.25) is 0 Å². The number of fused-ring (bicyclic) bond motifs is 1. The van der Waals surface area contributed by atoms with Crippen molar-refractivity contribution >= 4 is 13.2 Å². The van der Waals surface area contributed by atoms with Crippen LogP contribution >= 0.6 is 0 Å². The van der Waals surface area contributed by atoms with E-state index in [1.165, 1.54) is 0 Å². The van der Waals surface area contributed by atoms with Crippen LogP contribution in [0.15, 0.2) is 0 Å². The molecule has 136 valence electrons. The summed E-state index contributed by atoms with van der Waals surface area (Å²) in [6.07, 6.45) is 3.00. The summed E-state index contributed by atoms with van der Waals surface area (Å²) in [4.78, 5) is 14.4. The maximum Gasteiger partial charge on any atom is 0.466 e. The number of hydrogen-bond acceptors (Lipinski definition) is 4. The normalized spacial score (nSPS) is 34.5. The molecule has 2 heterocycles. The van der Waals surface area contributed by atoms with Gasteiger partial charge in [-0.2, -0.15) is 0 Å². The molecule has 0 unspecified atom stereocenters. The molecule has 3 fully saturated rings. The third kappa shape index (κ3) is 3.07. The summed E-state index contributed by atoms with van der Waals surface area (Å²) in [5, 5.41) is -0.0710. The molecule has 1 saturated carbocycles. The number of amides is 1. The van der Waals surface area contributed by atoms with Crippen molar-refractivity contribution in [3.63, 3.8) is 0 Å². The van der Waals surface area contributed by atoms with Crippen molar-refractivity contribution in [2.75, 3.05) is 13.1 Å². The Kier molecular flexibility index (Phi) is 4.04. The lowest BCUT2D eigenvalue weighted by Crippen LogP contribution is -2.42. The zero-order valence-electron chi connectivity index (χ0n) is 16.3. The van der Waals surface area contributed by atoms with Crippen LogP contribution in [0.5, 0.6) is 0 Å². The Morgan fingerprint density at radius 3 is 2.29 bits per heavy atom. The minimum atomic E-state index is -0.468. The second-order valence-corrected chi connectivity index (χ2v) is 9.77. The summed E-state index contributed by atoms with van der Waals surface area (Å²) in [5.41, 5.74) is -1.13. The third-order valence-corrected chi connectivity index (χ3v) is 6.12. The Labute approximate surface area is 146 Å². The zero-order valence-corrected chi connectivity index (χ0v) is 16.3. The van der Waals surface area contributed by atoms with Gasteiger partial charge in [-0.15, -0.1) is 0 Å². The van der Waals surface area contributed by atoms with E-state index in [0.29, 0.717) is 12.5 Å². The van der Waals surface area contributed by atoms with E-state index in [-0.39, 0.29) is 29.7 Å². The summed E-state index contributed by atoms with van der Waals surface area (Å²) >= 11 is 0. The second-order valence-electron chi connectivity index (χ2n) is 9.77. The SMILES string of the molecule is CC(C)(C)OC(=O)N1CCC[C@H]2C[C@@]2(B2OC(C)(C)C(C)(C)O2)C1. The number of nitrogens with zero attached hydrogens (tertiary/aromatic N) is 1. The Bertz CT molecular complexity index is 512. The molecule has 2 atom stereocenters. The van der Waals surface area contributed by atoms with Crippen molar-refractivity contribution in [3.05, 3.63) is 0 Å². The van der Waals surface area contributed by atoms with Crippen LogP contribution in [0, 0.1) is 5.92 Å². The van der Waals surface area contributed by atoms with Gasteiger partial charge in [-0.25, -0.2) is 4.79 Å². The Morgan fingerprint density at radius 1 is 1.17 bits per heavy atom. The number of rotatable bonds is 1. The molecule has 0 spiro atoms. The van der Waals surface area contributed by atoms with E-state index in [1.54, 1.807) is 0 Å². The van der Waals surface area contributed by atoms with Gasteiger partial charge in [-0.05, 0) is 73.6 Å². The van der Waals surface area contributed by atoms with Crippen LogP contribution in [0.25, 0.3) is 0 Å². The van der Waals surface area contributed by atoms with Crippen molar-refractivity contribution in [3.8, 4) is 0 Å². The first-order valence-corrected chi connectivity index (χ1v) is 9.20. The van der Waals surface area contributed by atoms with E-state index in [1.807, 2.05) is 25.7 Å². The first-order valence-electron chi connectivity index (χ1n) is 9.20. The summed E-state index contributed by atoms with van der Waals surface area (Å²) < 4.78 is 18.3. The topological polar surface area (TPSA) is 48.0 Å². The molecule has 24 heavy (non-hydrogen) atoms. The zero-order chi connectivity index (χ0) is 18.0. The molecule has 0 bridgehead atoms. The van der Waals surface area contributed by atoms with Gasteiger partial charge in [-0.3, -0.25) is 0 Å².